The normalized spacial score (nSPS) is 12.1. The van der Waals surface area contributed by atoms with Crippen LogP contribution in [-0.2, 0) is 6.54 Å². The van der Waals surface area contributed by atoms with Crippen LogP contribution in [0.25, 0.3) is 0 Å². The van der Waals surface area contributed by atoms with Crippen LogP contribution in [-0.4, -0.2) is 20.8 Å². The second-order valence-electron chi connectivity index (χ2n) is 5.28. The lowest BCUT2D eigenvalue weighted by molar-refractivity contribution is 0.102. The molecule has 0 aliphatic heterocycles. The van der Waals surface area contributed by atoms with E-state index in [0.29, 0.717) is 12.1 Å². The van der Waals surface area contributed by atoms with E-state index in [4.69, 9.17) is 0 Å². The standard InChI is InChI=1S/C18H16FN3O/c1-13(19)16-17(18(23)15-10-6-3-7-11-15)22(21-20-16)12-14-8-4-2-5-9-14/h2-11,13H,12H2,1H3/t13-/m1/s1. The number of halogens is 1. The Morgan fingerprint density at radius 2 is 1.70 bits per heavy atom. The molecule has 0 N–H and O–H groups in total. The van der Waals surface area contributed by atoms with E-state index in [-0.39, 0.29) is 17.2 Å². The lowest BCUT2D eigenvalue weighted by Crippen LogP contribution is -2.14. The molecule has 0 saturated heterocycles. The predicted octanol–water partition coefficient (Wildman–Crippen LogP) is 3.59. The van der Waals surface area contributed by atoms with E-state index in [1.807, 2.05) is 36.4 Å². The number of ketones is 1. The molecule has 2 aromatic carbocycles. The number of carbonyl (C=O) groups is 1. The quantitative estimate of drug-likeness (QED) is 0.677. The average Bonchev–Trinajstić information content (AvgIpc) is 3.00. The first-order valence-corrected chi connectivity index (χ1v) is 7.38. The zero-order valence-electron chi connectivity index (χ0n) is 12.7. The SMILES string of the molecule is C[C@@H](F)c1nnn(Cc2ccccc2)c1C(=O)c1ccccc1. The number of benzene rings is 2. The van der Waals surface area contributed by atoms with Gasteiger partial charge in [-0.1, -0.05) is 65.9 Å². The van der Waals surface area contributed by atoms with Gasteiger partial charge in [0.2, 0.25) is 5.78 Å². The van der Waals surface area contributed by atoms with Gasteiger partial charge in [0, 0.05) is 5.56 Å². The van der Waals surface area contributed by atoms with Gasteiger partial charge in [-0.25, -0.2) is 9.07 Å². The van der Waals surface area contributed by atoms with Crippen molar-refractivity contribution in [2.45, 2.75) is 19.6 Å². The molecule has 1 atom stereocenters. The summed E-state index contributed by atoms with van der Waals surface area (Å²) >= 11 is 0. The summed E-state index contributed by atoms with van der Waals surface area (Å²) in [5, 5.41) is 7.86. The highest BCUT2D eigenvalue weighted by molar-refractivity contribution is 6.08. The first-order valence-electron chi connectivity index (χ1n) is 7.38. The molecule has 3 rings (SSSR count). The molecule has 0 amide bonds. The summed E-state index contributed by atoms with van der Waals surface area (Å²) < 4.78 is 15.3. The van der Waals surface area contributed by atoms with Crippen molar-refractivity contribution in [1.82, 2.24) is 15.0 Å². The van der Waals surface area contributed by atoms with E-state index in [1.165, 1.54) is 11.6 Å². The van der Waals surface area contributed by atoms with Crippen LogP contribution in [0.2, 0.25) is 0 Å². The molecule has 0 aliphatic rings. The number of aromatic nitrogens is 3. The van der Waals surface area contributed by atoms with Crippen LogP contribution in [0.15, 0.2) is 60.7 Å². The third-order valence-electron chi connectivity index (χ3n) is 3.56. The Balaban J connectivity index is 2.03. The van der Waals surface area contributed by atoms with Gasteiger partial charge in [0.1, 0.15) is 17.6 Å². The first kappa shape index (κ1) is 15.1. The van der Waals surface area contributed by atoms with Gasteiger partial charge in [-0.15, -0.1) is 5.10 Å². The maximum absolute atomic E-state index is 13.9. The van der Waals surface area contributed by atoms with Crippen molar-refractivity contribution < 1.29 is 9.18 Å². The van der Waals surface area contributed by atoms with Crippen LogP contribution in [0.3, 0.4) is 0 Å². The highest BCUT2D eigenvalue weighted by Crippen LogP contribution is 2.22. The maximum Gasteiger partial charge on any atom is 0.213 e. The van der Waals surface area contributed by atoms with Crippen molar-refractivity contribution in [1.29, 1.82) is 0 Å². The molecule has 0 radical (unpaired) electrons. The van der Waals surface area contributed by atoms with Crippen LogP contribution in [0.1, 0.15) is 40.4 Å². The summed E-state index contributed by atoms with van der Waals surface area (Å²) in [4.78, 5) is 12.8. The van der Waals surface area contributed by atoms with Gasteiger partial charge in [-0.2, -0.15) is 0 Å². The molecule has 1 heterocycles. The monoisotopic (exact) mass is 309 g/mol. The lowest BCUT2D eigenvalue weighted by Gasteiger charge is -2.08. The zero-order valence-corrected chi connectivity index (χ0v) is 12.7. The molecular weight excluding hydrogens is 293 g/mol. The first-order chi connectivity index (χ1) is 11.2. The molecule has 0 fully saturated rings. The topological polar surface area (TPSA) is 47.8 Å². The highest BCUT2D eigenvalue weighted by atomic mass is 19.1. The van der Waals surface area contributed by atoms with Gasteiger partial charge in [-0.3, -0.25) is 4.79 Å². The Morgan fingerprint density at radius 3 is 2.30 bits per heavy atom. The lowest BCUT2D eigenvalue weighted by atomic mass is 10.1. The van der Waals surface area contributed by atoms with Crippen molar-refractivity contribution >= 4 is 5.78 Å². The second-order valence-corrected chi connectivity index (χ2v) is 5.28. The van der Waals surface area contributed by atoms with Crippen molar-refractivity contribution in [2.75, 3.05) is 0 Å². The molecule has 0 aliphatic carbocycles. The molecule has 116 valence electrons. The molecule has 0 saturated carbocycles. The summed E-state index contributed by atoms with van der Waals surface area (Å²) in [5.74, 6) is -0.272. The van der Waals surface area contributed by atoms with Crippen molar-refractivity contribution in [3.8, 4) is 0 Å². The van der Waals surface area contributed by atoms with E-state index < -0.39 is 6.17 Å². The third-order valence-corrected chi connectivity index (χ3v) is 3.56. The Kier molecular flexibility index (Phi) is 4.28. The Morgan fingerprint density at radius 1 is 1.09 bits per heavy atom. The summed E-state index contributed by atoms with van der Waals surface area (Å²) in [6.45, 7) is 1.73. The highest BCUT2D eigenvalue weighted by Gasteiger charge is 2.25. The molecule has 5 heteroatoms. The van der Waals surface area contributed by atoms with E-state index in [2.05, 4.69) is 10.3 Å². The van der Waals surface area contributed by atoms with Crippen molar-refractivity contribution in [3.05, 3.63) is 83.2 Å². The zero-order chi connectivity index (χ0) is 16.2. The molecule has 1 aromatic heterocycles. The Bertz CT molecular complexity index is 798. The summed E-state index contributed by atoms with van der Waals surface area (Å²) in [6, 6.07) is 18.4. The van der Waals surface area contributed by atoms with Gasteiger partial charge < -0.3 is 0 Å². The van der Waals surface area contributed by atoms with Crippen LogP contribution in [0.4, 0.5) is 4.39 Å². The average molecular weight is 309 g/mol. The predicted molar refractivity (Wildman–Crippen MR) is 85.0 cm³/mol. The largest absolute Gasteiger partial charge is 0.287 e. The van der Waals surface area contributed by atoms with Crippen molar-refractivity contribution in [3.63, 3.8) is 0 Å². The minimum absolute atomic E-state index is 0.0785. The second kappa shape index (κ2) is 6.52. The van der Waals surface area contributed by atoms with Gasteiger partial charge in [0.15, 0.2) is 0 Å². The van der Waals surface area contributed by atoms with E-state index in [1.54, 1.807) is 24.3 Å². The molecular formula is C18H16FN3O. The number of rotatable bonds is 5. The number of alkyl halides is 1. The molecule has 0 bridgehead atoms. The van der Waals surface area contributed by atoms with Gasteiger partial charge in [0.25, 0.3) is 0 Å². The summed E-state index contributed by atoms with van der Waals surface area (Å²) in [6.07, 6.45) is -1.36. The van der Waals surface area contributed by atoms with Gasteiger partial charge in [0.05, 0.1) is 6.54 Å². The van der Waals surface area contributed by atoms with Gasteiger partial charge >= 0.3 is 0 Å². The summed E-state index contributed by atoms with van der Waals surface area (Å²) in [7, 11) is 0. The van der Waals surface area contributed by atoms with Crippen LogP contribution < -0.4 is 0 Å². The number of hydrogen-bond acceptors (Lipinski definition) is 3. The molecule has 23 heavy (non-hydrogen) atoms. The Hall–Kier alpha value is -2.82. The number of carbonyl (C=O) groups excluding carboxylic acids is 1. The van der Waals surface area contributed by atoms with E-state index >= 15 is 0 Å². The number of hydrogen-bond donors (Lipinski definition) is 0. The number of nitrogens with zero attached hydrogens (tertiary/aromatic N) is 3. The van der Waals surface area contributed by atoms with Crippen molar-refractivity contribution in [2.24, 2.45) is 0 Å². The smallest absolute Gasteiger partial charge is 0.213 e. The third kappa shape index (κ3) is 3.18. The fourth-order valence-electron chi connectivity index (χ4n) is 2.42. The van der Waals surface area contributed by atoms with E-state index in [0.717, 1.165) is 5.56 Å². The molecule has 0 spiro atoms. The minimum atomic E-state index is -1.36. The minimum Gasteiger partial charge on any atom is -0.287 e. The van der Waals surface area contributed by atoms with Crippen LogP contribution >= 0.6 is 0 Å². The molecule has 3 aromatic rings. The maximum atomic E-state index is 13.9. The van der Waals surface area contributed by atoms with E-state index in [9.17, 15) is 9.18 Å². The van der Waals surface area contributed by atoms with Gasteiger partial charge in [-0.05, 0) is 12.5 Å². The summed E-state index contributed by atoms with van der Waals surface area (Å²) in [5.41, 5.74) is 1.74. The Labute approximate surface area is 133 Å². The van der Waals surface area contributed by atoms with Crippen LogP contribution in [0.5, 0.6) is 0 Å². The fraction of sp³-hybridized carbons (Fsp3) is 0.167. The van der Waals surface area contributed by atoms with Crippen LogP contribution in [0, 0.1) is 0 Å². The fourth-order valence-corrected chi connectivity index (χ4v) is 2.42. The molecule has 0 unspecified atom stereocenters. The molecule has 4 nitrogen and oxygen atoms in total.